The van der Waals surface area contributed by atoms with Crippen LogP contribution in [0.25, 0.3) is 0 Å². The van der Waals surface area contributed by atoms with Crippen molar-refractivity contribution >= 4 is 11.1 Å². The molecule has 0 bridgehead atoms. The number of hydrogen-bond acceptors (Lipinski definition) is 4. The highest BCUT2D eigenvalue weighted by molar-refractivity contribution is 7.80. The van der Waals surface area contributed by atoms with Gasteiger partial charge in [0.25, 0.3) is 0 Å². The Labute approximate surface area is 127 Å². The van der Waals surface area contributed by atoms with E-state index in [-0.39, 0.29) is 6.61 Å². The smallest absolute Gasteiger partial charge is 0.189 e. The minimum Gasteiger partial charge on any atom is -0.497 e. The molecule has 2 aromatic carbocycles. The third-order valence-electron chi connectivity index (χ3n) is 2.82. The maximum atomic E-state index is 11.9. The second-order valence-corrected chi connectivity index (χ2v) is 5.57. The van der Waals surface area contributed by atoms with Gasteiger partial charge in [0.15, 0.2) is 11.1 Å². The minimum absolute atomic E-state index is 0.256. The monoisotopic (exact) mass is 306 g/mol. The summed E-state index contributed by atoms with van der Waals surface area (Å²) in [6, 6.07) is 14.7. The van der Waals surface area contributed by atoms with E-state index in [2.05, 4.69) is 0 Å². The third kappa shape index (κ3) is 4.88. The number of rotatable bonds is 7. The van der Waals surface area contributed by atoms with E-state index in [0.717, 1.165) is 17.1 Å². The molecule has 2 aromatic rings. The molecule has 0 saturated carbocycles. The lowest BCUT2D eigenvalue weighted by atomic mass is 10.2. The van der Waals surface area contributed by atoms with Crippen LogP contribution in [0.1, 0.15) is 5.56 Å². The van der Waals surface area contributed by atoms with Crippen LogP contribution in [-0.2, 0) is 15.3 Å². The van der Waals surface area contributed by atoms with Crippen molar-refractivity contribution in [1.82, 2.24) is 0 Å². The van der Waals surface area contributed by atoms with Crippen molar-refractivity contribution in [2.45, 2.75) is 11.8 Å². The van der Waals surface area contributed by atoms with Crippen LogP contribution in [0.5, 0.6) is 11.5 Å². The summed E-state index contributed by atoms with van der Waals surface area (Å²) in [5, 5.41) is 0. The SMILES string of the molecule is COc1ccc(OCCOS(=O)c2ccc(C)cc2)cc1. The van der Waals surface area contributed by atoms with Crippen molar-refractivity contribution in [3.63, 3.8) is 0 Å². The van der Waals surface area contributed by atoms with E-state index < -0.39 is 11.1 Å². The first kappa shape index (κ1) is 15.5. The summed E-state index contributed by atoms with van der Waals surface area (Å²) in [5.74, 6) is 1.50. The van der Waals surface area contributed by atoms with Gasteiger partial charge in [0.2, 0.25) is 0 Å². The van der Waals surface area contributed by atoms with Crippen molar-refractivity contribution in [2.24, 2.45) is 0 Å². The predicted molar refractivity (Wildman–Crippen MR) is 82.0 cm³/mol. The molecule has 4 nitrogen and oxygen atoms in total. The van der Waals surface area contributed by atoms with Crippen molar-refractivity contribution < 1.29 is 17.9 Å². The molecule has 0 saturated heterocycles. The van der Waals surface area contributed by atoms with E-state index >= 15 is 0 Å². The van der Waals surface area contributed by atoms with E-state index in [4.69, 9.17) is 13.7 Å². The molecule has 0 heterocycles. The van der Waals surface area contributed by atoms with Crippen molar-refractivity contribution in [2.75, 3.05) is 20.3 Å². The lowest BCUT2D eigenvalue weighted by Crippen LogP contribution is -2.08. The van der Waals surface area contributed by atoms with E-state index in [1.165, 1.54) is 0 Å². The van der Waals surface area contributed by atoms with Crippen LogP contribution >= 0.6 is 0 Å². The number of benzene rings is 2. The molecule has 0 aliphatic rings. The zero-order chi connectivity index (χ0) is 15.1. The first-order valence-corrected chi connectivity index (χ1v) is 7.65. The van der Waals surface area contributed by atoms with Gasteiger partial charge in [-0.1, -0.05) is 17.7 Å². The molecule has 0 radical (unpaired) electrons. The largest absolute Gasteiger partial charge is 0.497 e. The van der Waals surface area contributed by atoms with Crippen LogP contribution in [0, 0.1) is 6.92 Å². The molecular weight excluding hydrogens is 288 g/mol. The molecule has 0 spiro atoms. The van der Waals surface area contributed by atoms with Crippen LogP contribution < -0.4 is 9.47 Å². The molecule has 0 fully saturated rings. The summed E-state index contributed by atoms with van der Waals surface area (Å²) < 4.78 is 27.7. The van der Waals surface area contributed by atoms with Gasteiger partial charge in [-0.15, -0.1) is 0 Å². The Bertz CT molecular complexity index is 578. The Morgan fingerprint density at radius 3 is 2.14 bits per heavy atom. The van der Waals surface area contributed by atoms with Crippen LogP contribution in [0.4, 0.5) is 0 Å². The molecule has 5 heteroatoms. The molecule has 0 aliphatic heterocycles. The average molecular weight is 306 g/mol. The number of aryl methyl sites for hydroxylation is 1. The summed E-state index contributed by atoms with van der Waals surface area (Å²) in [6.45, 7) is 2.58. The van der Waals surface area contributed by atoms with Gasteiger partial charge in [0.1, 0.15) is 18.1 Å². The average Bonchev–Trinajstić information content (AvgIpc) is 2.52. The lowest BCUT2D eigenvalue weighted by Gasteiger charge is -2.07. The fourth-order valence-corrected chi connectivity index (χ4v) is 2.37. The van der Waals surface area contributed by atoms with Gasteiger partial charge in [0, 0.05) is 0 Å². The van der Waals surface area contributed by atoms with Crippen LogP contribution in [-0.4, -0.2) is 24.5 Å². The molecular formula is C16H18O4S. The second-order valence-electron chi connectivity index (χ2n) is 4.39. The Morgan fingerprint density at radius 1 is 0.905 bits per heavy atom. The maximum Gasteiger partial charge on any atom is 0.189 e. The van der Waals surface area contributed by atoms with Crippen molar-refractivity contribution in [1.29, 1.82) is 0 Å². The highest BCUT2D eigenvalue weighted by Gasteiger charge is 2.04. The maximum absolute atomic E-state index is 11.9. The van der Waals surface area contributed by atoms with Crippen LogP contribution in [0.15, 0.2) is 53.4 Å². The Balaban J connectivity index is 1.73. The van der Waals surface area contributed by atoms with Crippen LogP contribution in [0.3, 0.4) is 0 Å². The van der Waals surface area contributed by atoms with Gasteiger partial charge in [-0.2, -0.15) is 0 Å². The summed E-state index contributed by atoms with van der Waals surface area (Å²) in [6.07, 6.45) is 0. The molecule has 0 amide bonds. The van der Waals surface area contributed by atoms with E-state index in [1.807, 2.05) is 43.3 Å². The van der Waals surface area contributed by atoms with Gasteiger partial charge >= 0.3 is 0 Å². The first-order chi connectivity index (χ1) is 10.2. The fraction of sp³-hybridized carbons (Fsp3) is 0.250. The Morgan fingerprint density at radius 2 is 1.52 bits per heavy atom. The minimum atomic E-state index is -1.45. The Kier molecular flexibility index (Phi) is 5.78. The number of hydrogen-bond donors (Lipinski definition) is 0. The topological polar surface area (TPSA) is 44.8 Å². The molecule has 0 aliphatic carbocycles. The highest BCUT2D eigenvalue weighted by atomic mass is 32.2. The first-order valence-electron chi connectivity index (χ1n) is 6.57. The van der Waals surface area contributed by atoms with Crippen LogP contribution in [0.2, 0.25) is 0 Å². The summed E-state index contributed by atoms with van der Waals surface area (Å²) in [5.41, 5.74) is 1.12. The number of ether oxygens (including phenoxy) is 2. The lowest BCUT2D eigenvalue weighted by molar-refractivity contribution is 0.230. The van der Waals surface area contributed by atoms with Gasteiger partial charge < -0.3 is 9.47 Å². The van der Waals surface area contributed by atoms with E-state index in [9.17, 15) is 4.21 Å². The fourth-order valence-electron chi connectivity index (χ4n) is 1.66. The van der Waals surface area contributed by atoms with E-state index in [1.54, 1.807) is 19.2 Å². The van der Waals surface area contributed by atoms with Crippen molar-refractivity contribution in [3.8, 4) is 11.5 Å². The quantitative estimate of drug-likeness (QED) is 0.737. The number of methoxy groups -OCH3 is 1. The van der Waals surface area contributed by atoms with Gasteiger partial charge in [-0.25, -0.2) is 4.21 Å². The molecule has 0 N–H and O–H groups in total. The third-order valence-corrected chi connectivity index (χ3v) is 3.85. The second kappa shape index (κ2) is 7.81. The molecule has 2 rings (SSSR count). The van der Waals surface area contributed by atoms with E-state index in [0.29, 0.717) is 11.5 Å². The highest BCUT2D eigenvalue weighted by Crippen LogP contribution is 2.17. The zero-order valence-electron chi connectivity index (χ0n) is 12.1. The summed E-state index contributed by atoms with van der Waals surface area (Å²) in [7, 11) is 1.62. The summed E-state index contributed by atoms with van der Waals surface area (Å²) >= 11 is -1.45. The normalized spacial score (nSPS) is 11.9. The molecule has 21 heavy (non-hydrogen) atoms. The Hall–Kier alpha value is -1.85. The standard InChI is InChI=1S/C16H18O4S/c1-13-3-9-16(10-4-13)21(17)20-12-11-19-15-7-5-14(18-2)6-8-15/h3-10H,11-12H2,1-2H3. The predicted octanol–water partition coefficient (Wildman–Crippen LogP) is 3.12. The molecule has 112 valence electrons. The van der Waals surface area contributed by atoms with Gasteiger partial charge in [0.05, 0.1) is 18.6 Å². The molecule has 1 unspecified atom stereocenters. The van der Waals surface area contributed by atoms with Crippen molar-refractivity contribution in [3.05, 3.63) is 54.1 Å². The zero-order valence-corrected chi connectivity index (χ0v) is 12.9. The molecule has 0 aromatic heterocycles. The summed E-state index contributed by atoms with van der Waals surface area (Å²) in [4.78, 5) is 0.657. The molecule has 1 atom stereocenters. The van der Waals surface area contributed by atoms with Gasteiger partial charge in [-0.3, -0.25) is 4.18 Å². The van der Waals surface area contributed by atoms with Gasteiger partial charge in [-0.05, 0) is 43.3 Å².